The zero-order chi connectivity index (χ0) is 12.4. The van der Waals surface area contributed by atoms with Gasteiger partial charge in [-0.05, 0) is 32.9 Å². The van der Waals surface area contributed by atoms with Crippen LogP contribution in [-0.2, 0) is 4.74 Å². The zero-order valence-electron chi connectivity index (χ0n) is 10.2. The molecule has 0 amide bonds. The molecule has 5 nitrogen and oxygen atoms in total. The van der Waals surface area contributed by atoms with Gasteiger partial charge in [-0.25, -0.2) is 4.79 Å². The first-order chi connectivity index (χ1) is 8.13. The molecule has 5 heteroatoms. The van der Waals surface area contributed by atoms with Gasteiger partial charge < -0.3 is 9.30 Å². The van der Waals surface area contributed by atoms with Crippen molar-refractivity contribution >= 4 is 5.97 Å². The largest absolute Gasteiger partial charge is 0.461 e. The Kier molecular flexibility index (Phi) is 2.99. The second kappa shape index (κ2) is 4.45. The molecular formula is C12H15N3O2. The summed E-state index contributed by atoms with van der Waals surface area (Å²) in [6.45, 7) is 6.12. The van der Waals surface area contributed by atoms with E-state index in [1.807, 2.05) is 30.5 Å². The van der Waals surface area contributed by atoms with E-state index in [1.54, 1.807) is 13.0 Å². The van der Waals surface area contributed by atoms with Crippen molar-refractivity contribution in [2.45, 2.75) is 20.8 Å². The minimum absolute atomic E-state index is 0.300. The quantitative estimate of drug-likeness (QED) is 0.825. The van der Waals surface area contributed by atoms with Gasteiger partial charge in [-0.15, -0.1) is 0 Å². The zero-order valence-corrected chi connectivity index (χ0v) is 10.2. The van der Waals surface area contributed by atoms with E-state index in [0.717, 1.165) is 17.2 Å². The number of hydrogen-bond donors (Lipinski definition) is 1. The number of rotatable bonds is 3. The van der Waals surface area contributed by atoms with E-state index in [-0.39, 0.29) is 0 Å². The summed E-state index contributed by atoms with van der Waals surface area (Å²) in [6.07, 6.45) is 0. The smallest absolute Gasteiger partial charge is 0.358 e. The van der Waals surface area contributed by atoms with Crippen LogP contribution in [0.5, 0.6) is 0 Å². The monoisotopic (exact) mass is 233 g/mol. The molecular weight excluding hydrogens is 218 g/mol. The number of H-pyrrole nitrogens is 1. The summed E-state index contributed by atoms with van der Waals surface area (Å²) in [7, 11) is 0. The highest BCUT2D eigenvalue weighted by Crippen LogP contribution is 2.15. The summed E-state index contributed by atoms with van der Waals surface area (Å²) in [5.41, 5.74) is 2.47. The number of carbonyl (C=O) groups excluding carboxylic acids is 1. The predicted molar refractivity (Wildman–Crippen MR) is 63.3 cm³/mol. The molecule has 0 bridgehead atoms. The number of hydrogen-bond acceptors (Lipinski definition) is 3. The molecule has 1 N–H and O–H groups in total. The highest BCUT2D eigenvalue weighted by atomic mass is 16.5. The van der Waals surface area contributed by atoms with Crippen LogP contribution in [0, 0.1) is 13.8 Å². The molecule has 0 aromatic carbocycles. The van der Waals surface area contributed by atoms with Gasteiger partial charge in [0.05, 0.1) is 6.61 Å². The Bertz CT molecular complexity index is 520. The molecule has 17 heavy (non-hydrogen) atoms. The van der Waals surface area contributed by atoms with Gasteiger partial charge in [0, 0.05) is 17.5 Å². The maximum absolute atomic E-state index is 11.5. The van der Waals surface area contributed by atoms with Crippen molar-refractivity contribution < 1.29 is 9.53 Å². The van der Waals surface area contributed by atoms with Crippen molar-refractivity contribution in [2.24, 2.45) is 0 Å². The summed E-state index contributed by atoms with van der Waals surface area (Å²) in [5.74, 6) is 0.366. The fourth-order valence-electron chi connectivity index (χ4n) is 1.78. The molecule has 0 unspecified atom stereocenters. The second-order valence-electron chi connectivity index (χ2n) is 3.81. The third-order valence-corrected chi connectivity index (χ3v) is 2.56. The van der Waals surface area contributed by atoms with Crippen molar-refractivity contribution in [3.05, 3.63) is 35.3 Å². The van der Waals surface area contributed by atoms with Crippen molar-refractivity contribution in [3.8, 4) is 5.82 Å². The minimum atomic E-state index is -0.405. The number of aryl methyl sites for hydroxylation is 2. The lowest BCUT2D eigenvalue weighted by Crippen LogP contribution is -2.04. The van der Waals surface area contributed by atoms with Gasteiger partial charge >= 0.3 is 5.97 Å². The number of nitrogens with one attached hydrogen (secondary N) is 1. The SMILES string of the molecule is CCOC(=O)c1cc(-n2c(C)ccc2C)[nH]n1. The lowest BCUT2D eigenvalue weighted by atomic mass is 10.4. The molecule has 0 saturated carbocycles. The van der Waals surface area contributed by atoms with Gasteiger partial charge in [0.25, 0.3) is 0 Å². The van der Waals surface area contributed by atoms with Gasteiger partial charge in [0.2, 0.25) is 0 Å². The van der Waals surface area contributed by atoms with Crippen molar-refractivity contribution in [3.63, 3.8) is 0 Å². The molecule has 0 aliphatic heterocycles. The molecule has 0 fully saturated rings. The summed E-state index contributed by atoms with van der Waals surface area (Å²) in [5, 5.41) is 6.79. The fraction of sp³-hybridized carbons (Fsp3) is 0.333. The van der Waals surface area contributed by atoms with E-state index in [0.29, 0.717) is 12.3 Å². The topological polar surface area (TPSA) is 59.9 Å². The highest BCUT2D eigenvalue weighted by Gasteiger charge is 2.13. The molecule has 0 aliphatic rings. The number of aromatic nitrogens is 3. The van der Waals surface area contributed by atoms with Gasteiger partial charge in [0.1, 0.15) is 5.82 Å². The Labute approximate surface area is 99.4 Å². The van der Waals surface area contributed by atoms with Gasteiger partial charge in [-0.1, -0.05) is 0 Å². The average molecular weight is 233 g/mol. The molecule has 2 rings (SSSR count). The van der Waals surface area contributed by atoms with Gasteiger partial charge in [-0.3, -0.25) is 5.10 Å². The van der Waals surface area contributed by atoms with Crippen molar-refractivity contribution in [2.75, 3.05) is 6.61 Å². The molecule has 2 aromatic heterocycles. The highest BCUT2D eigenvalue weighted by molar-refractivity contribution is 5.87. The van der Waals surface area contributed by atoms with Crippen LogP contribution in [-0.4, -0.2) is 27.3 Å². The van der Waals surface area contributed by atoms with Gasteiger partial charge in [0.15, 0.2) is 5.69 Å². The fourth-order valence-corrected chi connectivity index (χ4v) is 1.78. The van der Waals surface area contributed by atoms with Gasteiger partial charge in [-0.2, -0.15) is 5.10 Å². The Balaban J connectivity index is 2.33. The third kappa shape index (κ3) is 2.08. The lowest BCUT2D eigenvalue weighted by Gasteiger charge is -2.04. The third-order valence-electron chi connectivity index (χ3n) is 2.56. The first-order valence-electron chi connectivity index (χ1n) is 5.51. The molecule has 2 aromatic rings. The normalized spacial score (nSPS) is 10.5. The molecule has 0 atom stereocenters. The van der Waals surface area contributed by atoms with Crippen LogP contribution in [0.15, 0.2) is 18.2 Å². The summed E-state index contributed by atoms with van der Waals surface area (Å²) in [4.78, 5) is 11.5. The molecule has 0 spiro atoms. The Hall–Kier alpha value is -2.04. The average Bonchev–Trinajstić information content (AvgIpc) is 2.86. The summed E-state index contributed by atoms with van der Waals surface area (Å²) >= 11 is 0. The number of ether oxygens (including phenoxy) is 1. The maximum atomic E-state index is 11.5. The molecule has 90 valence electrons. The Morgan fingerprint density at radius 3 is 2.65 bits per heavy atom. The van der Waals surface area contributed by atoms with E-state index >= 15 is 0 Å². The van der Waals surface area contributed by atoms with E-state index < -0.39 is 5.97 Å². The summed E-state index contributed by atoms with van der Waals surface area (Å²) in [6, 6.07) is 5.72. The number of esters is 1. The number of carbonyl (C=O) groups is 1. The van der Waals surface area contributed by atoms with Crippen LogP contribution in [0.2, 0.25) is 0 Å². The van der Waals surface area contributed by atoms with Crippen LogP contribution in [0.25, 0.3) is 5.82 Å². The van der Waals surface area contributed by atoms with Crippen LogP contribution in [0.3, 0.4) is 0 Å². The van der Waals surface area contributed by atoms with Crippen LogP contribution >= 0.6 is 0 Å². The molecule has 0 radical (unpaired) electrons. The Morgan fingerprint density at radius 1 is 1.41 bits per heavy atom. The first kappa shape index (κ1) is 11.4. The summed E-state index contributed by atoms with van der Waals surface area (Å²) < 4.78 is 6.88. The van der Waals surface area contributed by atoms with Crippen LogP contribution < -0.4 is 0 Å². The predicted octanol–water partition coefficient (Wildman–Crippen LogP) is 1.99. The van der Waals surface area contributed by atoms with E-state index in [9.17, 15) is 4.79 Å². The van der Waals surface area contributed by atoms with E-state index in [1.165, 1.54) is 0 Å². The van der Waals surface area contributed by atoms with E-state index in [4.69, 9.17) is 4.74 Å². The molecule has 2 heterocycles. The molecule has 0 aliphatic carbocycles. The Morgan fingerprint density at radius 2 is 2.06 bits per heavy atom. The molecule has 0 saturated heterocycles. The number of aromatic amines is 1. The van der Waals surface area contributed by atoms with Crippen LogP contribution in [0.4, 0.5) is 0 Å². The maximum Gasteiger partial charge on any atom is 0.358 e. The second-order valence-corrected chi connectivity index (χ2v) is 3.81. The van der Waals surface area contributed by atoms with Crippen molar-refractivity contribution in [1.82, 2.24) is 14.8 Å². The number of nitrogens with zero attached hydrogens (tertiary/aromatic N) is 2. The lowest BCUT2D eigenvalue weighted by molar-refractivity contribution is 0.0519. The van der Waals surface area contributed by atoms with Crippen molar-refractivity contribution in [1.29, 1.82) is 0 Å². The standard InChI is InChI=1S/C12H15N3O2/c1-4-17-12(16)10-7-11(14-13-10)15-8(2)5-6-9(15)3/h5-7H,4H2,1-3H3,(H,13,14). The first-order valence-corrected chi connectivity index (χ1v) is 5.51. The minimum Gasteiger partial charge on any atom is -0.461 e. The van der Waals surface area contributed by atoms with Crippen LogP contribution in [0.1, 0.15) is 28.8 Å². The van der Waals surface area contributed by atoms with E-state index in [2.05, 4.69) is 10.2 Å².